The highest BCUT2D eigenvalue weighted by Gasteiger charge is 2.26. The van der Waals surface area contributed by atoms with Crippen LogP contribution < -0.4 is 0 Å². The minimum absolute atomic E-state index is 0.0107. The van der Waals surface area contributed by atoms with Crippen LogP contribution in [0.2, 0.25) is 5.15 Å². The zero-order chi connectivity index (χ0) is 13.6. The number of hydrogen-bond acceptors (Lipinski definition) is 2. The third-order valence-corrected chi connectivity index (χ3v) is 3.96. The van der Waals surface area contributed by atoms with Gasteiger partial charge in [0.25, 0.3) is 0 Å². The molecule has 1 aromatic heterocycles. The predicted octanol–water partition coefficient (Wildman–Crippen LogP) is 4.72. The molecule has 1 saturated carbocycles. The summed E-state index contributed by atoms with van der Waals surface area (Å²) in [5.74, 6) is -1.15. The van der Waals surface area contributed by atoms with Crippen LogP contribution in [0.1, 0.15) is 24.5 Å². The molecule has 1 aromatic carbocycles. The van der Waals surface area contributed by atoms with Gasteiger partial charge in [-0.1, -0.05) is 11.6 Å². The van der Waals surface area contributed by atoms with Crippen molar-refractivity contribution in [1.82, 2.24) is 9.97 Å². The Morgan fingerprint density at radius 3 is 2.63 bits per heavy atom. The van der Waals surface area contributed by atoms with Crippen molar-refractivity contribution in [3.8, 4) is 11.4 Å². The van der Waals surface area contributed by atoms with Crippen LogP contribution in [0.3, 0.4) is 0 Å². The lowest BCUT2D eigenvalue weighted by Gasteiger charge is -2.07. The van der Waals surface area contributed by atoms with Crippen molar-refractivity contribution in [3.05, 3.63) is 45.2 Å². The maximum Gasteiger partial charge on any atom is 0.173 e. The van der Waals surface area contributed by atoms with Crippen molar-refractivity contribution in [2.24, 2.45) is 0 Å². The van der Waals surface area contributed by atoms with Gasteiger partial charge in [-0.2, -0.15) is 0 Å². The zero-order valence-corrected chi connectivity index (χ0v) is 12.0. The predicted molar refractivity (Wildman–Crippen MR) is 72.1 cm³/mol. The summed E-state index contributed by atoms with van der Waals surface area (Å²) in [6, 6.07) is 4.21. The Kier molecular flexibility index (Phi) is 3.27. The zero-order valence-electron chi connectivity index (χ0n) is 9.63. The molecule has 1 aliphatic rings. The van der Waals surface area contributed by atoms with Crippen LogP contribution in [0, 0.1) is 11.6 Å². The van der Waals surface area contributed by atoms with E-state index in [0.717, 1.165) is 24.6 Å². The van der Waals surface area contributed by atoms with Gasteiger partial charge in [0.05, 0.1) is 4.47 Å². The molecular weight excluding hydrogens is 338 g/mol. The van der Waals surface area contributed by atoms with Crippen LogP contribution in [0.15, 0.2) is 22.7 Å². The summed E-state index contributed by atoms with van der Waals surface area (Å²) in [6.45, 7) is 0. The molecule has 0 aliphatic heterocycles. The van der Waals surface area contributed by atoms with E-state index in [1.165, 1.54) is 6.07 Å². The molecule has 0 N–H and O–H groups in total. The van der Waals surface area contributed by atoms with Crippen LogP contribution >= 0.6 is 27.5 Å². The third-order valence-electron chi connectivity index (χ3n) is 2.99. The summed E-state index contributed by atoms with van der Waals surface area (Å²) >= 11 is 8.99. The smallest absolute Gasteiger partial charge is 0.173 e. The van der Waals surface area contributed by atoms with Gasteiger partial charge < -0.3 is 0 Å². The van der Waals surface area contributed by atoms with E-state index in [2.05, 4.69) is 25.9 Å². The van der Waals surface area contributed by atoms with Gasteiger partial charge in [0.1, 0.15) is 5.15 Å². The van der Waals surface area contributed by atoms with Crippen molar-refractivity contribution in [3.63, 3.8) is 0 Å². The Labute approximate surface area is 122 Å². The molecule has 2 aromatic rings. The topological polar surface area (TPSA) is 25.8 Å². The quantitative estimate of drug-likeness (QED) is 0.581. The van der Waals surface area contributed by atoms with Gasteiger partial charge in [0.15, 0.2) is 17.5 Å². The Hall–Kier alpha value is -1.07. The Balaban J connectivity index is 2.13. The molecule has 0 atom stereocenters. The highest BCUT2D eigenvalue weighted by atomic mass is 79.9. The molecule has 0 amide bonds. The van der Waals surface area contributed by atoms with Crippen LogP contribution in [0.25, 0.3) is 11.4 Å². The maximum absolute atomic E-state index is 13.5. The molecule has 0 radical (unpaired) electrons. The molecular formula is C13H8BrClF2N2. The average molecular weight is 346 g/mol. The van der Waals surface area contributed by atoms with Gasteiger partial charge in [-0.05, 0) is 47.0 Å². The van der Waals surface area contributed by atoms with Gasteiger partial charge in [0, 0.05) is 17.2 Å². The van der Waals surface area contributed by atoms with Crippen LogP contribution in [0.5, 0.6) is 0 Å². The second-order valence-corrected chi connectivity index (χ2v) is 5.62. The van der Waals surface area contributed by atoms with Crippen LogP contribution in [-0.4, -0.2) is 9.97 Å². The lowest BCUT2D eigenvalue weighted by Crippen LogP contribution is -1.97. The van der Waals surface area contributed by atoms with Crippen molar-refractivity contribution in [1.29, 1.82) is 0 Å². The number of hydrogen-bond donors (Lipinski definition) is 0. The molecule has 1 aliphatic carbocycles. The van der Waals surface area contributed by atoms with Crippen molar-refractivity contribution in [2.75, 3.05) is 0 Å². The minimum atomic E-state index is -0.950. The molecule has 19 heavy (non-hydrogen) atoms. The van der Waals surface area contributed by atoms with Crippen molar-refractivity contribution >= 4 is 27.5 Å². The van der Waals surface area contributed by atoms with Crippen LogP contribution in [-0.2, 0) is 0 Å². The molecule has 1 fully saturated rings. The number of rotatable bonds is 2. The number of benzene rings is 1. The number of halogens is 4. The molecule has 0 bridgehead atoms. The van der Waals surface area contributed by atoms with E-state index in [-0.39, 0.29) is 4.47 Å². The maximum atomic E-state index is 13.5. The van der Waals surface area contributed by atoms with Crippen molar-refractivity contribution in [2.45, 2.75) is 18.8 Å². The molecule has 0 saturated heterocycles. The summed E-state index contributed by atoms with van der Waals surface area (Å²) in [6.07, 6.45) is 2.15. The molecule has 0 unspecified atom stereocenters. The fraction of sp³-hybridized carbons (Fsp3) is 0.231. The van der Waals surface area contributed by atoms with E-state index in [1.807, 2.05) is 0 Å². The molecule has 3 rings (SSSR count). The number of aromatic nitrogens is 2. The van der Waals surface area contributed by atoms with Crippen LogP contribution in [0.4, 0.5) is 8.78 Å². The summed E-state index contributed by atoms with van der Waals surface area (Å²) in [5, 5.41) is 0.309. The summed E-state index contributed by atoms with van der Waals surface area (Å²) in [7, 11) is 0. The fourth-order valence-electron chi connectivity index (χ4n) is 1.84. The van der Waals surface area contributed by atoms with E-state index in [0.29, 0.717) is 22.5 Å². The van der Waals surface area contributed by atoms with Crippen molar-refractivity contribution < 1.29 is 8.78 Å². The Bertz CT molecular complexity index is 659. The first-order valence-corrected chi connectivity index (χ1v) is 6.91. The lowest BCUT2D eigenvalue weighted by atomic mass is 10.2. The third kappa shape index (κ3) is 2.49. The molecule has 6 heteroatoms. The van der Waals surface area contributed by atoms with Gasteiger partial charge >= 0.3 is 0 Å². The largest absolute Gasteiger partial charge is 0.233 e. The van der Waals surface area contributed by atoms with Gasteiger partial charge in [0.2, 0.25) is 0 Å². The highest BCUT2D eigenvalue weighted by Crippen LogP contribution is 2.40. The van der Waals surface area contributed by atoms with E-state index < -0.39 is 11.6 Å². The van der Waals surface area contributed by atoms with E-state index in [4.69, 9.17) is 11.6 Å². The molecule has 2 nitrogen and oxygen atoms in total. The first kappa shape index (κ1) is 12.9. The van der Waals surface area contributed by atoms with E-state index in [1.54, 1.807) is 6.07 Å². The molecule has 1 heterocycles. The average Bonchev–Trinajstić information content (AvgIpc) is 3.19. The monoisotopic (exact) mass is 344 g/mol. The SMILES string of the molecule is Fc1ccc(-c2nc(Cl)cc(C3CC3)n2)c(Br)c1F. The summed E-state index contributed by atoms with van der Waals surface area (Å²) < 4.78 is 26.6. The normalized spacial score (nSPS) is 14.7. The summed E-state index contributed by atoms with van der Waals surface area (Å²) in [5.41, 5.74) is 1.25. The Morgan fingerprint density at radius 1 is 1.21 bits per heavy atom. The van der Waals surface area contributed by atoms with Gasteiger partial charge in [-0.25, -0.2) is 18.7 Å². The van der Waals surface area contributed by atoms with E-state index >= 15 is 0 Å². The standard InChI is InChI=1S/C13H8BrClF2N2/c14-11-7(3-4-8(16)12(11)17)13-18-9(6-1-2-6)5-10(15)19-13/h3-6H,1-2H2. The molecule has 0 spiro atoms. The number of nitrogens with zero attached hydrogens (tertiary/aromatic N) is 2. The first-order chi connectivity index (χ1) is 9.06. The summed E-state index contributed by atoms with van der Waals surface area (Å²) in [4.78, 5) is 8.46. The second kappa shape index (κ2) is 4.80. The molecule has 98 valence electrons. The minimum Gasteiger partial charge on any atom is -0.233 e. The highest BCUT2D eigenvalue weighted by molar-refractivity contribution is 9.10. The lowest BCUT2D eigenvalue weighted by molar-refractivity contribution is 0.504. The Morgan fingerprint density at radius 2 is 1.95 bits per heavy atom. The second-order valence-electron chi connectivity index (χ2n) is 4.44. The first-order valence-electron chi connectivity index (χ1n) is 5.74. The van der Waals surface area contributed by atoms with Gasteiger partial charge in [-0.3, -0.25) is 0 Å². The van der Waals surface area contributed by atoms with Gasteiger partial charge in [-0.15, -0.1) is 0 Å². The van der Waals surface area contributed by atoms with E-state index in [9.17, 15) is 8.78 Å². The fourth-order valence-corrected chi connectivity index (χ4v) is 2.53.